The van der Waals surface area contributed by atoms with Crippen LogP contribution >= 0.6 is 12.4 Å². The number of nitrogens with two attached hydrogens (primary N) is 1. The van der Waals surface area contributed by atoms with Crippen LogP contribution in [0.2, 0.25) is 0 Å². The molecule has 1 amide bonds. The molecule has 0 saturated heterocycles. The Morgan fingerprint density at radius 1 is 1.50 bits per heavy atom. The van der Waals surface area contributed by atoms with E-state index in [1.54, 1.807) is 4.90 Å². The molecule has 1 aliphatic heterocycles. The van der Waals surface area contributed by atoms with E-state index >= 15 is 0 Å². The molecule has 1 aromatic carbocycles. The molecule has 0 unspecified atom stereocenters. The monoisotopic (exact) mass is 240 g/mol. The van der Waals surface area contributed by atoms with Gasteiger partial charge in [-0.1, -0.05) is 17.7 Å². The van der Waals surface area contributed by atoms with Crippen LogP contribution in [0.1, 0.15) is 17.5 Å². The summed E-state index contributed by atoms with van der Waals surface area (Å²) in [5.74, 6) is 0.0137. The Bertz CT molecular complexity index is 393. The average Bonchev–Trinajstić information content (AvgIpc) is 2.26. The topological polar surface area (TPSA) is 46.3 Å². The van der Waals surface area contributed by atoms with Gasteiger partial charge in [0.2, 0.25) is 5.91 Å². The SMILES string of the molecule is Cc1ccc2c(c1)CCCN2C(=O)CN.Cl. The zero-order chi connectivity index (χ0) is 10.8. The first-order chi connectivity index (χ1) is 7.22. The Hall–Kier alpha value is -1.06. The number of halogens is 1. The quantitative estimate of drug-likeness (QED) is 0.812. The standard InChI is InChI=1S/C12H16N2O.ClH/c1-9-4-5-11-10(7-9)3-2-6-14(11)12(15)8-13;/h4-5,7H,2-3,6,8,13H2,1H3;1H. The Labute approximate surface area is 102 Å². The summed E-state index contributed by atoms with van der Waals surface area (Å²) in [6, 6.07) is 6.23. The van der Waals surface area contributed by atoms with Crippen LogP contribution in [-0.2, 0) is 11.2 Å². The molecule has 2 rings (SSSR count). The highest BCUT2D eigenvalue weighted by Crippen LogP contribution is 2.27. The van der Waals surface area contributed by atoms with Crippen LogP contribution in [0.5, 0.6) is 0 Å². The van der Waals surface area contributed by atoms with Gasteiger partial charge in [0, 0.05) is 12.2 Å². The van der Waals surface area contributed by atoms with Crippen LogP contribution in [-0.4, -0.2) is 19.0 Å². The number of hydrogen-bond donors (Lipinski definition) is 1. The van der Waals surface area contributed by atoms with Gasteiger partial charge in [0.15, 0.2) is 0 Å². The predicted molar refractivity (Wildman–Crippen MR) is 68.2 cm³/mol. The number of carbonyl (C=O) groups is 1. The second-order valence-corrected chi connectivity index (χ2v) is 3.99. The van der Waals surface area contributed by atoms with Crippen LogP contribution in [0, 0.1) is 6.92 Å². The first-order valence-corrected chi connectivity index (χ1v) is 5.32. The van der Waals surface area contributed by atoms with Crippen LogP contribution in [0.3, 0.4) is 0 Å². The zero-order valence-corrected chi connectivity index (χ0v) is 10.2. The van der Waals surface area contributed by atoms with Gasteiger partial charge in [-0.2, -0.15) is 0 Å². The molecule has 0 fully saturated rings. The van der Waals surface area contributed by atoms with Gasteiger partial charge in [0.25, 0.3) is 0 Å². The zero-order valence-electron chi connectivity index (χ0n) is 9.40. The van der Waals surface area contributed by atoms with Crippen molar-refractivity contribution in [3.63, 3.8) is 0 Å². The van der Waals surface area contributed by atoms with Gasteiger partial charge < -0.3 is 10.6 Å². The van der Waals surface area contributed by atoms with Gasteiger partial charge in [0.1, 0.15) is 0 Å². The van der Waals surface area contributed by atoms with Gasteiger partial charge in [-0.25, -0.2) is 0 Å². The molecule has 1 heterocycles. The minimum absolute atomic E-state index is 0. The molecule has 0 aromatic heterocycles. The van der Waals surface area contributed by atoms with Gasteiger partial charge in [-0.3, -0.25) is 4.79 Å². The van der Waals surface area contributed by atoms with Crippen molar-refractivity contribution >= 4 is 24.0 Å². The molecule has 0 aliphatic carbocycles. The third kappa shape index (κ3) is 2.36. The highest BCUT2D eigenvalue weighted by atomic mass is 35.5. The highest BCUT2D eigenvalue weighted by molar-refractivity contribution is 5.95. The molecule has 4 heteroatoms. The minimum atomic E-state index is 0. The summed E-state index contributed by atoms with van der Waals surface area (Å²) in [6.45, 7) is 2.96. The molecule has 3 nitrogen and oxygen atoms in total. The molecule has 0 saturated carbocycles. The molecule has 1 aromatic rings. The summed E-state index contributed by atoms with van der Waals surface area (Å²) in [5.41, 5.74) is 8.96. The van der Waals surface area contributed by atoms with Crippen molar-refractivity contribution in [2.75, 3.05) is 18.0 Å². The molecule has 2 N–H and O–H groups in total. The van der Waals surface area contributed by atoms with E-state index in [4.69, 9.17) is 5.73 Å². The molecular weight excluding hydrogens is 224 g/mol. The van der Waals surface area contributed by atoms with Crippen LogP contribution < -0.4 is 10.6 Å². The molecule has 1 aliphatic rings. The Kier molecular flexibility index (Phi) is 4.33. The second-order valence-electron chi connectivity index (χ2n) is 3.99. The van der Waals surface area contributed by atoms with Crippen molar-refractivity contribution in [3.8, 4) is 0 Å². The summed E-state index contributed by atoms with van der Waals surface area (Å²) < 4.78 is 0. The lowest BCUT2D eigenvalue weighted by molar-refractivity contribution is -0.117. The van der Waals surface area contributed by atoms with Crippen LogP contribution in [0.25, 0.3) is 0 Å². The van der Waals surface area contributed by atoms with E-state index in [1.165, 1.54) is 11.1 Å². The summed E-state index contributed by atoms with van der Waals surface area (Å²) in [7, 11) is 0. The third-order valence-electron chi connectivity index (χ3n) is 2.83. The average molecular weight is 241 g/mol. The lowest BCUT2D eigenvalue weighted by atomic mass is 9.99. The normalized spacial score (nSPS) is 14.0. The number of amides is 1. The number of carbonyl (C=O) groups excluding carboxylic acids is 1. The van der Waals surface area contributed by atoms with E-state index < -0.39 is 0 Å². The molecule has 0 spiro atoms. The third-order valence-corrected chi connectivity index (χ3v) is 2.83. The Morgan fingerprint density at radius 3 is 2.94 bits per heavy atom. The summed E-state index contributed by atoms with van der Waals surface area (Å²) in [6.07, 6.45) is 2.09. The maximum atomic E-state index is 11.6. The largest absolute Gasteiger partial charge is 0.322 e. The number of anilines is 1. The van der Waals surface area contributed by atoms with Crippen molar-refractivity contribution in [3.05, 3.63) is 29.3 Å². The fourth-order valence-electron chi connectivity index (χ4n) is 2.10. The van der Waals surface area contributed by atoms with E-state index in [2.05, 4.69) is 13.0 Å². The number of fused-ring (bicyclic) bond motifs is 1. The van der Waals surface area contributed by atoms with Gasteiger partial charge in [0.05, 0.1) is 6.54 Å². The molecule has 88 valence electrons. The predicted octanol–water partition coefficient (Wildman–Crippen LogP) is 1.65. The number of benzene rings is 1. The molecule has 0 atom stereocenters. The molecule has 0 bridgehead atoms. The fourth-order valence-corrected chi connectivity index (χ4v) is 2.10. The Balaban J connectivity index is 0.00000128. The number of hydrogen-bond acceptors (Lipinski definition) is 2. The summed E-state index contributed by atoms with van der Waals surface area (Å²) >= 11 is 0. The first-order valence-electron chi connectivity index (χ1n) is 5.32. The minimum Gasteiger partial charge on any atom is -0.322 e. The number of aryl methyl sites for hydroxylation is 2. The van der Waals surface area contributed by atoms with Crippen LogP contribution in [0.4, 0.5) is 5.69 Å². The van der Waals surface area contributed by atoms with E-state index in [-0.39, 0.29) is 24.9 Å². The van der Waals surface area contributed by atoms with Gasteiger partial charge >= 0.3 is 0 Å². The van der Waals surface area contributed by atoms with Crippen molar-refractivity contribution in [2.45, 2.75) is 19.8 Å². The lowest BCUT2D eigenvalue weighted by Gasteiger charge is -2.29. The summed E-state index contributed by atoms with van der Waals surface area (Å²) in [4.78, 5) is 13.4. The summed E-state index contributed by atoms with van der Waals surface area (Å²) in [5, 5.41) is 0. The van der Waals surface area contributed by atoms with Crippen molar-refractivity contribution in [1.29, 1.82) is 0 Å². The lowest BCUT2D eigenvalue weighted by Crippen LogP contribution is -2.39. The molecular formula is C12H17ClN2O. The van der Waals surface area contributed by atoms with E-state index in [0.717, 1.165) is 25.1 Å². The number of rotatable bonds is 1. The smallest absolute Gasteiger partial charge is 0.240 e. The molecule has 16 heavy (non-hydrogen) atoms. The maximum absolute atomic E-state index is 11.6. The highest BCUT2D eigenvalue weighted by Gasteiger charge is 2.20. The maximum Gasteiger partial charge on any atom is 0.240 e. The van der Waals surface area contributed by atoms with Crippen molar-refractivity contribution < 1.29 is 4.79 Å². The Morgan fingerprint density at radius 2 is 2.25 bits per heavy atom. The van der Waals surface area contributed by atoms with E-state index in [9.17, 15) is 4.79 Å². The van der Waals surface area contributed by atoms with Crippen LogP contribution in [0.15, 0.2) is 18.2 Å². The first kappa shape index (κ1) is 13.0. The van der Waals surface area contributed by atoms with Crippen molar-refractivity contribution in [2.24, 2.45) is 5.73 Å². The second kappa shape index (κ2) is 5.32. The van der Waals surface area contributed by atoms with Crippen molar-refractivity contribution in [1.82, 2.24) is 0 Å². The van der Waals surface area contributed by atoms with Gasteiger partial charge in [-0.05, 0) is 31.4 Å². The molecule has 0 radical (unpaired) electrons. The van der Waals surface area contributed by atoms with E-state index in [0.29, 0.717) is 0 Å². The van der Waals surface area contributed by atoms with E-state index in [1.807, 2.05) is 12.1 Å². The fraction of sp³-hybridized carbons (Fsp3) is 0.417. The van der Waals surface area contributed by atoms with Gasteiger partial charge in [-0.15, -0.1) is 12.4 Å². The number of nitrogens with zero attached hydrogens (tertiary/aromatic N) is 1.